The molecule has 0 saturated heterocycles. The molecule has 1 aromatic rings. The van der Waals surface area contributed by atoms with E-state index in [1.807, 2.05) is 0 Å². The van der Waals surface area contributed by atoms with Gasteiger partial charge in [0.1, 0.15) is 0 Å². The molecule has 0 atom stereocenters. The number of hydrogen-bond donors (Lipinski definition) is 2. The van der Waals surface area contributed by atoms with E-state index in [1.54, 1.807) is 19.9 Å². The molecule has 0 saturated carbocycles. The van der Waals surface area contributed by atoms with Crippen molar-refractivity contribution in [1.29, 1.82) is 0 Å². The molecule has 1 rings (SSSR count). The lowest BCUT2D eigenvalue weighted by Gasteiger charge is -2.10. The Morgan fingerprint density at radius 1 is 1.47 bits per heavy atom. The highest BCUT2D eigenvalue weighted by atomic mass is 32.2. The summed E-state index contributed by atoms with van der Waals surface area (Å²) in [6.45, 7) is 3.47. The van der Waals surface area contributed by atoms with Crippen molar-refractivity contribution in [3.8, 4) is 0 Å². The summed E-state index contributed by atoms with van der Waals surface area (Å²) in [7, 11) is -3.80. The van der Waals surface area contributed by atoms with Crippen LogP contribution >= 0.6 is 0 Å². The third-order valence-corrected chi connectivity index (χ3v) is 3.16. The Balaban J connectivity index is 3.08. The van der Waals surface area contributed by atoms with Crippen LogP contribution in [0.3, 0.4) is 0 Å². The normalized spacial score (nSPS) is 11.0. The van der Waals surface area contributed by atoms with Gasteiger partial charge in [0.25, 0.3) is 0 Å². The number of sulfonamides is 1. The second kappa shape index (κ2) is 5.15. The second-order valence-corrected chi connectivity index (χ2v) is 4.85. The maximum absolute atomic E-state index is 11.3. The fourth-order valence-corrected chi connectivity index (χ4v) is 2.14. The van der Waals surface area contributed by atoms with Gasteiger partial charge in [0.2, 0.25) is 10.0 Å². The van der Waals surface area contributed by atoms with E-state index in [0.717, 1.165) is 0 Å². The van der Waals surface area contributed by atoms with Gasteiger partial charge >= 0.3 is 6.09 Å². The number of amides is 1. The molecule has 3 N–H and O–H groups in total. The van der Waals surface area contributed by atoms with Gasteiger partial charge in [-0.15, -0.1) is 0 Å². The highest BCUT2D eigenvalue weighted by Crippen LogP contribution is 2.21. The van der Waals surface area contributed by atoms with E-state index in [4.69, 9.17) is 9.88 Å². The van der Waals surface area contributed by atoms with Crippen molar-refractivity contribution in [3.05, 3.63) is 23.8 Å². The molecule has 17 heavy (non-hydrogen) atoms. The zero-order chi connectivity index (χ0) is 13.1. The number of rotatable bonds is 3. The standard InChI is InChI=1S/C10H14N2O4S/c1-3-16-10(13)12-8-5-4-6-9(7(8)2)17(11,14)15/h4-6H,3H2,1-2H3,(H,12,13)(H2,11,14,15). The van der Waals surface area contributed by atoms with Crippen molar-refractivity contribution >= 4 is 21.8 Å². The van der Waals surface area contributed by atoms with Gasteiger partial charge in [-0.05, 0) is 31.5 Å². The van der Waals surface area contributed by atoms with Crippen LogP contribution < -0.4 is 10.5 Å². The third-order valence-electron chi connectivity index (χ3n) is 2.10. The van der Waals surface area contributed by atoms with Crippen molar-refractivity contribution in [1.82, 2.24) is 0 Å². The Hall–Kier alpha value is -1.60. The Labute approximate surface area is 99.8 Å². The quantitative estimate of drug-likeness (QED) is 0.851. The van der Waals surface area contributed by atoms with Crippen LogP contribution in [0.4, 0.5) is 10.5 Å². The molecule has 0 aromatic heterocycles. The smallest absolute Gasteiger partial charge is 0.411 e. The van der Waals surface area contributed by atoms with Crippen LogP contribution in [0, 0.1) is 6.92 Å². The summed E-state index contributed by atoms with van der Waals surface area (Å²) in [5, 5.41) is 7.49. The number of nitrogens with one attached hydrogen (secondary N) is 1. The monoisotopic (exact) mass is 258 g/mol. The average Bonchev–Trinajstić information content (AvgIpc) is 2.19. The molecule has 0 aliphatic heterocycles. The van der Waals surface area contributed by atoms with E-state index >= 15 is 0 Å². The third kappa shape index (κ3) is 3.43. The lowest BCUT2D eigenvalue weighted by molar-refractivity contribution is 0.168. The molecule has 0 unspecified atom stereocenters. The molecule has 1 amide bonds. The van der Waals surface area contributed by atoms with Gasteiger partial charge in [-0.25, -0.2) is 18.4 Å². The first kappa shape index (κ1) is 13.5. The fourth-order valence-electron chi connectivity index (χ4n) is 1.34. The first-order valence-electron chi connectivity index (χ1n) is 4.92. The zero-order valence-electron chi connectivity index (χ0n) is 9.56. The van der Waals surface area contributed by atoms with Gasteiger partial charge in [0, 0.05) is 5.69 Å². The van der Waals surface area contributed by atoms with Gasteiger partial charge < -0.3 is 4.74 Å². The Kier molecular flexibility index (Phi) is 4.08. The van der Waals surface area contributed by atoms with Crippen LogP contribution in [-0.4, -0.2) is 21.1 Å². The molecular formula is C10H14N2O4S. The minimum atomic E-state index is -3.80. The molecule has 0 fully saturated rings. The largest absolute Gasteiger partial charge is 0.450 e. The van der Waals surface area contributed by atoms with Crippen molar-refractivity contribution < 1.29 is 17.9 Å². The average molecular weight is 258 g/mol. The molecule has 0 heterocycles. The Bertz CT molecular complexity index is 525. The van der Waals surface area contributed by atoms with Crippen molar-refractivity contribution in [2.24, 2.45) is 5.14 Å². The van der Waals surface area contributed by atoms with E-state index < -0.39 is 16.1 Å². The van der Waals surface area contributed by atoms with Crippen LogP contribution in [-0.2, 0) is 14.8 Å². The summed E-state index contributed by atoms with van der Waals surface area (Å²) >= 11 is 0. The van der Waals surface area contributed by atoms with Gasteiger partial charge in [-0.1, -0.05) is 6.07 Å². The molecule has 94 valence electrons. The number of hydrogen-bond acceptors (Lipinski definition) is 4. The van der Waals surface area contributed by atoms with Gasteiger partial charge in [0.15, 0.2) is 0 Å². The van der Waals surface area contributed by atoms with Crippen LogP contribution in [0.15, 0.2) is 23.1 Å². The summed E-state index contributed by atoms with van der Waals surface area (Å²) in [6, 6.07) is 4.44. The van der Waals surface area contributed by atoms with Crippen molar-refractivity contribution in [3.63, 3.8) is 0 Å². The first-order valence-corrected chi connectivity index (χ1v) is 6.47. The second-order valence-electron chi connectivity index (χ2n) is 3.32. The maximum atomic E-state index is 11.3. The predicted octanol–water partition coefficient (Wildman–Crippen LogP) is 1.21. The molecular weight excluding hydrogens is 244 g/mol. The van der Waals surface area contributed by atoms with E-state index in [1.165, 1.54) is 12.1 Å². The van der Waals surface area contributed by atoms with Crippen LogP contribution in [0.5, 0.6) is 0 Å². The highest BCUT2D eigenvalue weighted by molar-refractivity contribution is 7.89. The molecule has 0 aliphatic rings. The molecule has 0 bridgehead atoms. The Morgan fingerprint density at radius 3 is 2.65 bits per heavy atom. The van der Waals surface area contributed by atoms with Crippen molar-refractivity contribution in [2.45, 2.75) is 18.7 Å². The number of carbonyl (C=O) groups excluding carboxylic acids is 1. The van der Waals surface area contributed by atoms with Crippen LogP contribution in [0.2, 0.25) is 0 Å². The molecule has 0 radical (unpaired) electrons. The molecule has 7 heteroatoms. The van der Waals surface area contributed by atoms with E-state index in [0.29, 0.717) is 11.3 Å². The number of anilines is 1. The fraction of sp³-hybridized carbons (Fsp3) is 0.300. The molecule has 6 nitrogen and oxygen atoms in total. The van der Waals surface area contributed by atoms with E-state index in [9.17, 15) is 13.2 Å². The number of ether oxygens (including phenoxy) is 1. The number of nitrogens with two attached hydrogens (primary N) is 1. The maximum Gasteiger partial charge on any atom is 0.411 e. The molecule has 1 aromatic carbocycles. The Morgan fingerprint density at radius 2 is 2.12 bits per heavy atom. The van der Waals surface area contributed by atoms with E-state index in [-0.39, 0.29) is 11.5 Å². The summed E-state index contributed by atoms with van der Waals surface area (Å²) in [4.78, 5) is 11.2. The lowest BCUT2D eigenvalue weighted by atomic mass is 10.2. The summed E-state index contributed by atoms with van der Waals surface area (Å²) in [5.74, 6) is 0. The highest BCUT2D eigenvalue weighted by Gasteiger charge is 2.15. The first-order chi connectivity index (χ1) is 7.86. The topological polar surface area (TPSA) is 98.5 Å². The summed E-state index contributed by atoms with van der Waals surface area (Å²) in [6.07, 6.45) is -0.637. The lowest BCUT2D eigenvalue weighted by Crippen LogP contribution is -2.17. The SMILES string of the molecule is CCOC(=O)Nc1cccc(S(N)(=O)=O)c1C. The van der Waals surface area contributed by atoms with E-state index in [2.05, 4.69) is 5.32 Å². The summed E-state index contributed by atoms with van der Waals surface area (Å²) in [5.41, 5.74) is 0.734. The number of carbonyl (C=O) groups is 1. The van der Waals surface area contributed by atoms with Crippen LogP contribution in [0.25, 0.3) is 0 Å². The number of primary sulfonamides is 1. The molecule has 0 spiro atoms. The minimum absolute atomic E-state index is 0.0215. The van der Waals surface area contributed by atoms with Crippen LogP contribution in [0.1, 0.15) is 12.5 Å². The molecule has 0 aliphatic carbocycles. The number of benzene rings is 1. The predicted molar refractivity (Wildman–Crippen MR) is 63.2 cm³/mol. The minimum Gasteiger partial charge on any atom is -0.450 e. The van der Waals surface area contributed by atoms with Gasteiger partial charge in [-0.2, -0.15) is 0 Å². The van der Waals surface area contributed by atoms with Gasteiger partial charge in [0.05, 0.1) is 11.5 Å². The zero-order valence-corrected chi connectivity index (χ0v) is 10.4. The summed E-state index contributed by atoms with van der Waals surface area (Å²) < 4.78 is 27.2. The van der Waals surface area contributed by atoms with Gasteiger partial charge in [-0.3, -0.25) is 5.32 Å². The van der Waals surface area contributed by atoms with Crippen molar-refractivity contribution in [2.75, 3.05) is 11.9 Å².